The van der Waals surface area contributed by atoms with Crippen molar-refractivity contribution in [3.05, 3.63) is 30.3 Å². The molecule has 1 aromatic carbocycles. The molecule has 23 heavy (non-hydrogen) atoms. The second-order valence-electron chi connectivity index (χ2n) is 6.11. The van der Waals surface area contributed by atoms with E-state index in [9.17, 15) is 14.7 Å². The van der Waals surface area contributed by atoms with Crippen LogP contribution in [0.2, 0.25) is 0 Å². The van der Waals surface area contributed by atoms with Gasteiger partial charge in [0, 0.05) is 12.2 Å². The zero-order chi connectivity index (χ0) is 17.5. The molecule has 0 spiro atoms. The van der Waals surface area contributed by atoms with E-state index in [0.29, 0.717) is 12.2 Å². The largest absolute Gasteiger partial charge is 0.465 e. The second kappa shape index (κ2) is 8.64. The normalized spacial score (nSPS) is 11.4. The maximum Gasteiger partial charge on any atom is 0.326 e. The molecule has 128 valence electrons. The number of nitrogens with zero attached hydrogens (tertiary/aromatic N) is 2. The van der Waals surface area contributed by atoms with E-state index in [1.807, 2.05) is 6.07 Å². The molecule has 0 aliphatic carbocycles. The number of likely N-dealkylation sites (N-methyl/N-ethyl adjacent to an activating group) is 1. The van der Waals surface area contributed by atoms with Gasteiger partial charge < -0.3 is 14.7 Å². The fourth-order valence-corrected chi connectivity index (χ4v) is 2.30. The summed E-state index contributed by atoms with van der Waals surface area (Å²) in [5, 5.41) is 9.83. The van der Waals surface area contributed by atoms with Crippen LogP contribution in [-0.4, -0.2) is 60.8 Å². The minimum atomic E-state index is -0.895. The minimum absolute atomic E-state index is 0.0955. The van der Waals surface area contributed by atoms with Gasteiger partial charge in [-0.15, -0.1) is 0 Å². The zero-order valence-electron chi connectivity index (χ0n) is 14.3. The first-order valence-electron chi connectivity index (χ1n) is 7.65. The molecule has 1 rings (SSSR count). The summed E-state index contributed by atoms with van der Waals surface area (Å²) in [5.41, 5.74) is -0.254. The van der Waals surface area contributed by atoms with Crippen LogP contribution in [0.25, 0.3) is 0 Å². The van der Waals surface area contributed by atoms with Crippen molar-refractivity contribution in [3.63, 3.8) is 0 Å². The van der Waals surface area contributed by atoms with Gasteiger partial charge >= 0.3 is 5.97 Å². The Labute approximate surface area is 137 Å². The first-order valence-corrected chi connectivity index (χ1v) is 7.65. The van der Waals surface area contributed by atoms with Gasteiger partial charge in [0.25, 0.3) is 0 Å². The topological polar surface area (TPSA) is 70.1 Å². The Kier molecular flexibility index (Phi) is 7.19. The van der Waals surface area contributed by atoms with Crippen LogP contribution >= 0.6 is 0 Å². The summed E-state index contributed by atoms with van der Waals surface area (Å²) >= 11 is 0. The number of para-hydroxylation sites is 1. The van der Waals surface area contributed by atoms with Gasteiger partial charge in [-0.05, 0) is 40.0 Å². The lowest BCUT2D eigenvalue weighted by atomic mass is 10.1. The number of ether oxygens (including phenoxy) is 1. The maximum absolute atomic E-state index is 12.6. The third kappa shape index (κ3) is 7.25. The monoisotopic (exact) mass is 322 g/mol. The van der Waals surface area contributed by atoms with Crippen molar-refractivity contribution >= 4 is 17.6 Å². The Morgan fingerprint density at radius 1 is 1.17 bits per heavy atom. The number of carbonyl (C=O) groups excluding carboxylic acids is 2. The van der Waals surface area contributed by atoms with E-state index in [0.717, 1.165) is 0 Å². The summed E-state index contributed by atoms with van der Waals surface area (Å²) in [6, 6.07) is 9.00. The molecule has 0 atom stereocenters. The molecule has 0 saturated heterocycles. The predicted octanol–water partition coefficient (Wildman–Crippen LogP) is 1.29. The molecule has 0 bridgehead atoms. The van der Waals surface area contributed by atoms with Crippen molar-refractivity contribution in [1.82, 2.24) is 4.90 Å². The van der Waals surface area contributed by atoms with Crippen LogP contribution in [-0.2, 0) is 14.3 Å². The lowest BCUT2D eigenvalue weighted by molar-refractivity contribution is -0.142. The van der Waals surface area contributed by atoms with Crippen molar-refractivity contribution in [2.75, 3.05) is 38.2 Å². The van der Waals surface area contributed by atoms with Crippen LogP contribution in [0.4, 0.5) is 5.69 Å². The zero-order valence-corrected chi connectivity index (χ0v) is 14.3. The first-order chi connectivity index (χ1) is 10.7. The lowest BCUT2D eigenvalue weighted by Crippen LogP contribution is -2.45. The van der Waals surface area contributed by atoms with Crippen LogP contribution < -0.4 is 4.90 Å². The average Bonchev–Trinajstić information content (AvgIpc) is 2.43. The number of rotatable bonds is 8. The third-order valence-corrected chi connectivity index (χ3v) is 3.02. The summed E-state index contributed by atoms with van der Waals surface area (Å²) in [6.07, 6.45) is 0. The Hall–Kier alpha value is -1.92. The highest BCUT2D eigenvalue weighted by molar-refractivity contribution is 5.98. The minimum Gasteiger partial charge on any atom is -0.465 e. The predicted molar refractivity (Wildman–Crippen MR) is 89.2 cm³/mol. The van der Waals surface area contributed by atoms with Crippen LogP contribution in [0.3, 0.4) is 0 Å². The van der Waals surface area contributed by atoms with Gasteiger partial charge in [-0.3, -0.25) is 14.5 Å². The average molecular weight is 322 g/mol. The molecule has 1 N–H and O–H groups in total. The fourth-order valence-electron chi connectivity index (χ4n) is 2.30. The number of hydrogen-bond donors (Lipinski definition) is 1. The molecule has 6 heteroatoms. The highest BCUT2D eigenvalue weighted by atomic mass is 16.5. The highest BCUT2D eigenvalue weighted by Gasteiger charge is 2.23. The Balaban J connectivity index is 2.83. The molecular weight excluding hydrogens is 296 g/mol. The van der Waals surface area contributed by atoms with Crippen molar-refractivity contribution in [2.24, 2.45) is 0 Å². The van der Waals surface area contributed by atoms with Crippen LogP contribution in [0.15, 0.2) is 30.3 Å². The van der Waals surface area contributed by atoms with Gasteiger partial charge in [0.2, 0.25) is 5.91 Å². The van der Waals surface area contributed by atoms with E-state index in [4.69, 9.17) is 4.74 Å². The highest BCUT2D eigenvalue weighted by Crippen LogP contribution is 2.14. The molecule has 0 heterocycles. The van der Waals surface area contributed by atoms with Crippen molar-refractivity contribution in [3.8, 4) is 0 Å². The number of esters is 1. The fraction of sp³-hybridized carbons (Fsp3) is 0.529. The molecular formula is C17H26N2O4. The lowest BCUT2D eigenvalue weighted by Gasteiger charge is -2.28. The number of anilines is 1. The van der Waals surface area contributed by atoms with Gasteiger partial charge in [0.15, 0.2) is 0 Å². The maximum atomic E-state index is 12.6. The molecule has 0 radical (unpaired) electrons. The Morgan fingerprint density at radius 2 is 1.78 bits per heavy atom. The quantitative estimate of drug-likeness (QED) is 0.730. The number of amides is 1. The van der Waals surface area contributed by atoms with Crippen molar-refractivity contribution in [2.45, 2.75) is 26.4 Å². The van der Waals surface area contributed by atoms with Crippen LogP contribution in [0.5, 0.6) is 0 Å². The Bertz CT molecular complexity index is 511. The molecule has 0 saturated carbocycles. The Morgan fingerprint density at radius 3 is 2.30 bits per heavy atom. The molecule has 0 aliphatic rings. The van der Waals surface area contributed by atoms with E-state index in [1.54, 1.807) is 57.0 Å². The molecule has 0 unspecified atom stereocenters. The SMILES string of the molecule is CCOC(=O)CN(C(=O)CN(C)CC(C)(C)O)c1ccccc1. The standard InChI is InChI=1S/C17H26N2O4/c1-5-23-16(21)12-19(14-9-7-6-8-10-14)15(20)11-18(4)13-17(2,3)22/h6-10,22H,5,11-13H2,1-4H3. The molecule has 0 fully saturated rings. The van der Waals surface area contributed by atoms with E-state index in [1.165, 1.54) is 4.90 Å². The number of carbonyl (C=O) groups is 2. The van der Waals surface area contributed by atoms with Gasteiger partial charge in [-0.25, -0.2) is 0 Å². The van der Waals surface area contributed by atoms with E-state index < -0.39 is 11.6 Å². The number of aliphatic hydroxyl groups is 1. The number of benzene rings is 1. The van der Waals surface area contributed by atoms with Gasteiger partial charge in [0.05, 0.1) is 18.8 Å². The molecule has 6 nitrogen and oxygen atoms in total. The van der Waals surface area contributed by atoms with Crippen LogP contribution in [0.1, 0.15) is 20.8 Å². The second-order valence-corrected chi connectivity index (χ2v) is 6.11. The van der Waals surface area contributed by atoms with Crippen molar-refractivity contribution in [1.29, 1.82) is 0 Å². The smallest absolute Gasteiger partial charge is 0.326 e. The van der Waals surface area contributed by atoms with Crippen LogP contribution in [0, 0.1) is 0 Å². The molecule has 0 aromatic heterocycles. The number of hydrogen-bond acceptors (Lipinski definition) is 5. The summed E-state index contributed by atoms with van der Waals surface area (Å²) in [7, 11) is 1.75. The summed E-state index contributed by atoms with van der Waals surface area (Å²) in [5.74, 6) is -0.675. The van der Waals surface area contributed by atoms with E-state index in [-0.39, 0.29) is 25.6 Å². The first kappa shape index (κ1) is 19.1. The third-order valence-electron chi connectivity index (χ3n) is 3.02. The van der Waals surface area contributed by atoms with Crippen molar-refractivity contribution < 1.29 is 19.4 Å². The summed E-state index contributed by atoms with van der Waals surface area (Å²) in [6.45, 7) is 5.67. The van der Waals surface area contributed by atoms with Gasteiger partial charge in [-0.2, -0.15) is 0 Å². The van der Waals surface area contributed by atoms with Gasteiger partial charge in [-0.1, -0.05) is 18.2 Å². The summed E-state index contributed by atoms with van der Waals surface area (Å²) < 4.78 is 4.94. The molecule has 1 aromatic rings. The molecule has 1 amide bonds. The van der Waals surface area contributed by atoms with E-state index >= 15 is 0 Å². The van der Waals surface area contributed by atoms with Gasteiger partial charge in [0.1, 0.15) is 6.54 Å². The summed E-state index contributed by atoms with van der Waals surface area (Å²) in [4.78, 5) is 27.5. The molecule has 0 aliphatic heterocycles. The van der Waals surface area contributed by atoms with E-state index in [2.05, 4.69) is 0 Å².